The highest BCUT2D eigenvalue weighted by Crippen LogP contribution is 2.28. The molecule has 0 radical (unpaired) electrons. The van der Waals surface area contributed by atoms with Gasteiger partial charge in [0.05, 0.1) is 18.1 Å². The second-order valence-corrected chi connectivity index (χ2v) is 10.4. The summed E-state index contributed by atoms with van der Waals surface area (Å²) < 4.78 is 35.4. The average molecular weight is 462 g/mol. The van der Waals surface area contributed by atoms with Crippen molar-refractivity contribution in [3.63, 3.8) is 0 Å². The lowest BCUT2D eigenvalue weighted by molar-refractivity contribution is 0.0515. The van der Waals surface area contributed by atoms with E-state index in [-0.39, 0.29) is 30.7 Å². The Kier molecular flexibility index (Phi) is 8.28. The van der Waals surface area contributed by atoms with Crippen molar-refractivity contribution < 1.29 is 27.8 Å². The highest BCUT2D eigenvalue weighted by atomic mass is 32.2. The maximum atomic E-state index is 12.0. The minimum atomic E-state index is -3.05. The number of hydrogen-bond donors (Lipinski definition) is 1. The Morgan fingerprint density at radius 2 is 1.91 bits per heavy atom. The van der Waals surface area contributed by atoms with Crippen LogP contribution in [0.5, 0.6) is 11.5 Å². The maximum absolute atomic E-state index is 12.0. The zero-order chi connectivity index (χ0) is 23.1. The molecule has 174 valence electrons. The smallest absolute Gasteiger partial charge is 0.161 e. The van der Waals surface area contributed by atoms with E-state index in [9.17, 15) is 18.3 Å². The molecule has 8 heteroatoms. The lowest BCUT2D eigenvalue weighted by Gasteiger charge is -2.30. The molecule has 0 spiro atoms. The molecule has 32 heavy (non-hydrogen) atoms. The van der Waals surface area contributed by atoms with Gasteiger partial charge in [-0.25, -0.2) is 8.42 Å². The van der Waals surface area contributed by atoms with Gasteiger partial charge in [0.2, 0.25) is 0 Å². The molecular formula is C24H31NO6S. The highest BCUT2D eigenvalue weighted by Gasteiger charge is 2.33. The van der Waals surface area contributed by atoms with Crippen LogP contribution in [-0.2, 0) is 16.4 Å². The van der Waals surface area contributed by atoms with Gasteiger partial charge in [-0.3, -0.25) is 9.69 Å². The largest absolute Gasteiger partial charge is 0.490 e. The molecule has 2 atom stereocenters. The predicted molar refractivity (Wildman–Crippen MR) is 123 cm³/mol. The monoisotopic (exact) mass is 461 g/mol. The van der Waals surface area contributed by atoms with Crippen LogP contribution in [0.25, 0.3) is 0 Å². The number of carbonyl (C=O) groups is 1. The van der Waals surface area contributed by atoms with Crippen molar-refractivity contribution in [1.29, 1.82) is 0 Å². The summed E-state index contributed by atoms with van der Waals surface area (Å²) in [4.78, 5) is 13.0. The predicted octanol–water partition coefficient (Wildman–Crippen LogP) is 2.64. The summed E-state index contributed by atoms with van der Waals surface area (Å²) in [5.41, 5.74) is 2.70. The molecule has 0 saturated carbocycles. The summed E-state index contributed by atoms with van der Waals surface area (Å²) in [5.74, 6) is 1.18. The molecule has 0 bridgehead atoms. The molecule has 1 N–H and O–H groups in total. The van der Waals surface area contributed by atoms with Crippen molar-refractivity contribution in [2.75, 3.05) is 31.3 Å². The van der Waals surface area contributed by atoms with E-state index in [0.29, 0.717) is 36.6 Å². The summed E-state index contributed by atoms with van der Waals surface area (Å²) in [6.07, 6.45) is 0.465. The van der Waals surface area contributed by atoms with Crippen LogP contribution < -0.4 is 9.47 Å². The third-order valence-corrected chi connectivity index (χ3v) is 7.26. The fourth-order valence-corrected chi connectivity index (χ4v) is 5.59. The first-order valence-electron chi connectivity index (χ1n) is 10.8. The molecule has 0 amide bonds. The lowest BCUT2D eigenvalue weighted by atomic mass is 10.1. The first-order chi connectivity index (χ1) is 15.3. The van der Waals surface area contributed by atoms with Crippen molar-refractivity contribution in [2.24, 2.45) is 0 Å². The molecule has 2 aromatic carbocycles. The number of aliphatic hydroxyl groups is 1. The van der Waals surface area contributed by atoms with Crippen molar-refractivity contribution in [3.05, 3.63) is 59.2 Å². The number of hydrogen-bond acceptors (Lipinski definition) is 7. The molecule has 0 aromatic heterocycles. The van der Waals surface area contributed by atoms with E-state index in [2.05, 4.69) is 0 Å². The van der Waals surface area contributed by atoms with Gasteiger partial charge < -0.3 is 14.6 Å². The zero-order valence-corrected chi connectivity index (χ0v) is 19.4. The molecule has 3 rings (SSSR count). The third kappa shape index (κ3) is 6.79. The van der Waals surface area contributed by atoms with Crippen molar-refractivity contribution in [3.8, 4) is 11.5 Å². The van der Waals surface area contributed by atoms with E-state index in [4.69, 9.17) is 9.47 Å². The fourth-order valence-electron chi connectivity index (χ4n) is 3.83. The number of aryl methyl sites for hydroxylation is 1. The Hall–Kier alpha value is -2.42. The number of carbonyl (C=O) groups excluding carboxylic acids is 1. The summed E-state index contributed by atoms with van der Waals surface area (Å²) in [7, 11) is -3.05. The third-order valence-electron chi connectivity index (χ3n) is 5.51. The molecular weight excluding hydrogens is 430 g/mol. The summed E-state index contributed by atoms with van der Waals surface area (Å²) in [6, 6.07) is 12.8. The Bertz CT molecular complexity index is 1010. The topological polar surface area (TPSA) is 93.1 Å². The Morgan fingerprint density at radius 3 is 2.53 bits per heavy atom. The molecule has 1 heterocycles. The molecule has 2 aromatic rings. The number of aldehydes is 1. The van der Waals surface area contributed by atoms with Crippen LogP contribution >= 0.6 is 0 Å². The van der Waals surface area contributed by atoms with Gasteiger partial charge in [-0.15, -0.1) is 0 Å². The van der Waals surface area contributed by atoms with Gasteiger partial charge in [-0.05, 0) is 44.0 Å². The van der Waals surface area contributed by atoms with E-state index < -0.39 is 15.9 Å². The maximum Gasteiger partial charge on any atom is 0.161 e. The number of benzene rings is 2. The molecule has 1 aliphatic heterocycles. The summed E-state index contributed by atoms with van der Waals surface area (Å²) in [6.45, 7) is 5.13. The van der Waals surface area contributed by atoms with Crippen molar-refractivity contribution in [1.82, 2.24) is 4.90 Å². The second kappa shape index (κ2) is 10.9. The number of sulfone groups is 1. The van der Waals surface area contributed by atoms with Crippen LogP contribution in [-0.4, -0.2) is 68.1 Å². The summed E-state index contributed by atoms with van der Waals surface area (Å²) >= 11 is 0. The quantitative estimate of drug-likeness (QED) is 0.514. The van der Waals surface area contributed by atoms with E-state index in [1.165, 1.54) is 0 Å². The van der Waals surface area contributed by atoms with Gasteiger partial charge in [0, 0.05) is 24.7 Å². The summed E-state index contributed by atoms with van der Waals surface area (Å²) in [5, 5.41) is 10.7. The lowest BCUT2D eigenvalue weighted by Crippen LogP contribution is -2.42. The van der Waals surface area contributed by atoms with Gasteiger partial charge in [0.1, 0.15) is 19.0 Å². The Balaban J connectivity index is 1.67. The average Bonchev–Trinajstić information content (AvgIpc) is 3.13. The number of nitrogens with zero attached hydrogens (tertiary/aromatic N) is 1. The highest BCUT2D eigenvalue weighted by molar-refractivity contribution is 7.91. The van der Waals surface area contributed by atoms with E-state index in [1.807, 2.05) is 43.0 Å². The first kappa shape index (κ1) is 24.2. The van der Waals surface area contributed by atoms with Crippen LogP contribution in [0.1, 0.15) is 34.8 Å². The molecule has 1 aliphatic rings. The Labute approximate surface area is 189 Å². The number of aliphatic hydroxyl groups excluding tert-OH is 1. The zero-order valence-electron chi connectivity index (χ0n) is 18.6. The van der Waals surface area contributed by atoms with Crippen molar-refractivity contribution >= 4 is 16.1 Å². The van der Waals surface area contributed by atoms with Crippen LogP contribution in [0.15, 0.2) is 42.5 Å². The van der Waals surface area contributed by atoms with Crippen LogP contribution in [0.4, 0.5) is 0 Å². The van der Waals surface area contributed by atoms with Gasteiger partial charge in [0.15, 0.2) is 21.3 Å². The Morgan fingerprint density at radius 1 is 1.16 bits per heavy atom. The number of rotatable bonds is 11. The fraction of sp³-hybridized carbons (Fsp3) is 0.458. The molecule has 2 unspecified atom stereocenters. The number of ether oxygens (including phenoxy) is 2. The standard InChI is InChI=1S/C24H31NO6S/c1-3-30-24-12-20(15-26)8-9-23(24)31-16-22(27)14-25(21-10-11-32(28,29)17-21)13-19-6-4-18(2)5-7-19/h4-9,12,15,21-22,27H,3,10-11,13-14,16-17H2,1-2H3. The van der Waals surface area contributed by atoms with Crippen LogP contribution in [0, 0.1) is 6.92 Å². The van der Waals surface area contributed by atoms with E-state index in [1.54, 1.807) is 18.2 Å². The van der Waals surface area contributed by atoms with Crippen LogP contribution in [0.2, 0.25) is 0 Å². The molecule has 0 aliphatic carbocycles. The SMILES string of the molecule is CCOc1cc(C=O)ccc1OCC(O)CN(Cc1ccc(C)cc1)C1CCS(=O)(=O)C1. The van der Waals surface area contributed by atoms with Gasteiger partial charge in [-0.2, -0.15) is 0 Å². The minimum Gasteiger partial charge on any atom is -0.490 e. The minimum absolute atomic E-state index is 0.0182. The van der Waals surface area contributed by atoms with Gasteiger partial charge in [0.25, 0.3) is 0 Å². The molecule has 1 fully saturated rings. The normalized spacial score (nSPS) is 18.4. The first-order valence-corrected chi connectivity index (χ1v) is 12.6. The van der Waals surface area contributed by atoms with Gasteiger partial charge in [-0.1, -0.05) is 29.8 Å². The van der Waals surface area contributed by atoms with E-state index in [0.717, 1.165) is 17.4 Å². The van der Waals surface area contributed by atoms with Crippen LogP contribution in [0.3, 0.4) is 0 Å². The molecule has 7 nitrogen and oxygen atoms in total. The van der Waals surface area contributed by atoms with E-state index >= 15 is 0 Å². The second-order valence-electron chi connectivity index (χ2n) is 8.19. The van der Waals surface area contributed by atoms with Gasteiger partial charge >= 0.3 is 0 Å². The molecule has 1 saturated heterocycles. The van der Waals surface area contributed by atoms with Crippen molar-refractivity contribution in [2.45, 2.75) is 39.0 Å².